The van der Waals surface area contributed by atoms with Crippen molar-refractivity contribution in [1.82, 2.24) is 4.90 Å². The third kappa shape index (κ3) is 1.61. The summed E-state index contributed by atoms with van der Waals surface area (Å²) in [6.07, 6.45) is 0. The number of hydrogen-bond acceptors (Lipinski definition) is 5. The number of amidine groups is 1. The van der Waals surface area contributed by atoms with Gasteiger partial charge in [-0.2, -0.15) is 0 Å². The normalized spacial score (nSPS) is 23.7. The molecule has 3 nitrogen and oxygen atoms in total. The highest BCUT2D eigenvalue weighted by Crippen LogP contribution is 2.25. The molecule has 0 unspecified atom stereocenters. The zero-order valence-corrected chi connectivity index (χ0v) is 8.24. The summed E-state index contributed by atoms with van der Waals surface area (Å²) in [5, 5.41) is 1.68. The smallest absolute Gasteiger partial charge is 0.176 e. The quantitative estimate of drug-likeness (QED) is 0.617. The molecule has 0 amide bonds. The van der Waals surface area contributed by atoms with Crippen molar-refractivity contribution in [2.75, 3.05) is 25.4 Å². The average Bonchev–Trinajstić information content (AvgIpc) is 2.47. The maximum Gasteiger partial charge on any atom is 0.176 e. The van der Waals surface area contributed by atoms with E-state index in [9.17, 15) is 4.79 Å². The molecule has 1 saturated heterocycles. The van der Waals surface area contributed by atoms with Crippen molar-refractivity contribution in [2.24, 2.45) is 4.99 Å². The summed E-state index contributed by atoms with van der Waals surface area (Å²) in [4.78, 5) is 16.8. The largest absolute Gasteiger partial charge is 0.349 e. The second-order valence-corrected chi connectivity index (χ2v) is 4.97. The number of thioether (sulfide) groups is 2. The van der Waals surface area contributed by atoms with Crippen LogP contribution in [0.3, 0.4) is 0 Å². The molecule has 0 aromatic heterocycles. The first kappa shape index (κ1) is 8.44. The van der Waals surface area contributed by atoms with E-state index in [1.807, 2.05) is 11.8 Å². The van der Waals surface area contributed by atoms with Crippen LogP contribution in [0.1, 0.15) is 0 Å². The lowest BCUT2D eigenvalue weighted by atomic mass is 10.2. The van der Waals surface area contributed by atoms with E-state index in [4.69, 9.17) is 0 Å². The Hall–Kier alpha value is -0.160. The van der Waals surface area contributed by atoms with Crippen molar-refractivity contribution in [3.05, 3.63) is 0 Å². The summed E-state index contributed by atoms with van der Waals surface area (Å²) >= 11 is 3.22. The Labute approximate surface area is 80.0 Å². The Morgan fingerprint density at radius 3 is 3.08 bits per heavy atom. The summed E-state index contributed by atoms with van der Waals surface area (Å²) in [5.41, 5.74) is 0.936. The van der Waals surface area contributed by atoms with Crippen LogP contribution in [0.5, 0.6) is 0 Å². The standard InChI is InChI=1S/C7H10N2OS2/c10-5-12-6-3-9(4-6)7-8-1-2-11-7/h5-6H,1-4H2. The maximum atomic E-state index is 10.1. The van der Waals surface area contributed by atoms with E-state index in [0.717, 1.165) is 31.0 Å². The molecule has 0 N–H and O–H groups in total. The molecule has 2 rings (SSSR count). The van der Waals surface area contributed by atoms with Gasteiger partial charge in [-0.05, 0) is 0 Å². The molecule has 2 aliphatic rings. The van der Waals surface area contributed by atoms with E-state index < -0.39 is 0 Å². The fraction of sp³-hybridized carbons (Fsp3) is 0.714. The van der Waals surface area contributed by atoms with Crippen LogP contribution in [0.2, 0.25) is 0 Å². The summed E-state index contributed by atoms with van der Waals surface area (Å²) < 4.78 is 0. The molecule has 1 fully saturated rings. The lowest BCUT2D eigenvalue weighted by Crippen LogP contribution is -2.50. The van der Waals surface area contributed by atoms with Crippen LogP contribution < -0.4 is 0 Å². The predicted octanol–water partition coefficient (Wildman–Crippen LogP) is 0.697. The van der Waals surface area contributed by atoms with E-state index in [0.29, 0.717) is 5.25 Å². The van der Waals surface area contributed by atoms with Crippen LogP contribution in [-0.4, -0.2) is 46.3 Å². The Balaban J connectivity index is 1.77. The van der Waals surface area contributed by atoms with Gasteiger partial charge in [-0.15, -0.1) is 0 Å². The molecule has 0 aromatic rings. The zero-order valence-electron chi connectivity index (χ0n) is 6.60. The summed E-state index contributed by atoms with van der Waals surface area (Å²) in [7, 11) is 0. The molecule has 0 radical (unpaired) electrons. The van der Waals surface area contributed by atoms with E-state index in [1.165, 1.54) is 16.9 Å². The number of rotatable bonds is 2. The van der Waals surface area contributed by atoms with Gasteiger partial charge < -0.3 is 4.90 Å². The SMILES string of the molecule is O=CSC1CN(C2=NCCS2)C1. The molecule has 2 heterocycles. The Morgan fingerprint density at radius 1 is 1.67 bits per heavy atom. The van der Waals surface area contributed by atoms with Gasteiger partial charge in [0.1, 0.15) is 0 Å². The van der Waals surface area contributed by atoms with Gasteiger partial charge in [0, 0.05) is 24.1 Å². The monoisotopic (exact) mass is 202 g/mol. The van der Waals surface area contributed by atoms with Gasteiger partial charge in [-0.25, -0.2) is 0 Å². The fourth-order valence-corrected chi connectivity index (χ4v) is 2.84. The summed E-state index contributed by atoms with van der Waals surface area (Å²) in [6, 6.07) is 0. The molecule has 2 aliphatic heterocycles. The predicted molar refractivity (Wildman–Crippen MR) is 54.5 cm³/mol. The number of carbonyl (C=O) groups excluding carboxylic acids is 1. The second-order valence-electron chi connectivity index (χ2n) is 2.77. The highest BCUT2D eigenvalue weighted by atomic mass is 32.2. The molecule has 0 spiro atoms. The molecule has 5 heteroatoms. The molecule has 0 aromatic carbocycles. The average molecular weight is 202 g/mol. The molecular weight excluding hydrogens is 192 g/mol. The molecule has 0 bridgehead atoms. The minimum atomic E-state index is 0.506. The fourth-order valence-electron chi connectivity index (χ4n) is 1.27. The van der Waals surface area contributed by atoms with Gasteiger partial charge in [0.05, 0.1) is 6.54 Å². The summed E-state index contributed by atoms with van der Waals surface area (Å²) in [5.74, 6) is 1.12. The maximum absolute atomic E-state index is 10.1. The Kier molecular flexibility index (Phi) is 2.60. The number of hydrogen-bond donors (Lipinski definition) is 0. The number of aliphatic imine (C=N–C) groups is 1. The molecular formula is C7H10N2OS2. The topological polar surface area (TPSA) is 32.7 Å². The van der Waals surface area contributed by atoms with Crippen molar-refractivity contribution in [3.63, 3.8) is 0 Å². The van der Waals surface area contributed by atoms with Gasteiger partial charge in [-0.3, -0.25) is 9.79 Å². The lowest BCUT2D eigenvalue weighted by Gasteiger charge is -2.38. The van der Waals surface area contributed by atoms with Crippen LogP contribution >= 0.6 is 23.5 Å². The third-order valence-corrected chi connectivity index (χ3v) is 3.76. The molecule has 0 saturated carbocycles. The molecule has 12 heavy (non-hydrogen) atoms. The van der Waals surface area contributed by atoms with E-state index in [-0.39, 0.29) is 0 Å². The Bertz CT molecular complexity index is 213. The second kappa shape index (κ2) is 3.70. The first-order valence-electron chi connectivity index (χ1n) is 3.91. The Morgan fingerprint density at radius 2 is 2.50 bits per heavy atom. The van der Waals surface area contributed by atoms with Crippen LogP contribution in [0, 0.1) is 0 Å². The first-order valence-corrected chi connectivity index (χ1v) is 5.84. The van der Waals surface area contributed by atoms with Crippen molar-refractivity contribution >= 4 is 34.3 Å². The van der Waals surface area contributed by atoms with Crippen LogP contribution in [0.25, 0.3) is 0 Å². The van der Waals surface area contributed by atoms with Crippen molar-refractivity contribution in [1.29, 1.82) is 0 Å². The molecule has 66 valence electrons. The van der Waals surface area contributed by atoms with Gasteiger partial charge in [0.15, 0.2) is 10.8 Å². The third-order valence-electron chi connectivity index (χ3n) is 1.94. The minimum Gasteiger partial charge on any atom is -0.349 e. The number of carbonyl (C=O) groups is 1. The lowest BCUT2D eigenvalue weighted by molar-refractivity contribution is 0.319. The van der Waals surface area contributed by atoms with Gasteiger partial charge >= 0.3 is 0 Å². The first-order chi connectivity index (χ1) is 5.90. The highest BCUT2D eigenvalue weighted by molar-refractivity contribution is 8.14. The van der Waals surface area contributed by atoms with Gasteiger partial charge in [0.2, 0.25) is 0 Å². The highest BCUT2D eigenvalue weighted by Gasteiger charge is 2.30. The zero-order chi connectivity index (χ0) is 8.39. The molecule has 0 aliphatic carbocycles. The van der Waals surface area contributed by atoms with Crippen LogP contribution in [-0.2, 0) is 4.79 Å². The van der Waals surface area contributed by atoms with Crippen LogP contribution in [0.4, 0.5) is 0 Å². The summed E-state index contributed by atoms with van der Waals surface area (Å²) in [6.45, 7) is 2.95. The van der Waals surface area contributed by atoms with Crippen molar-refractivity contribution in [2.45, 2.75) is 5.25 Å². The number of nitrogens with zero attached hydrogens (tertiary/aromatic N) is 2. The molecule has 0 atom stereocenters. The van der Waals surface area contributed by atoms with Crippen molar-refractivity contribution in [3.8, 4) is 0 Å². The van der Waals surface area contributed by atoms with E-state index in [2.05, 4.69) is 9.89 Å². The van der Waals surface area contributed by atoms with Gasteiger partial charge in [-0.1, -0.05) is 23.5 Å². The van der Waals surface area contributed by atoms with E-state index in [1.54, 1.807) is 0 Å². The van der Waals surface area contributed by atoms with E-state index >= 15 is 0 Å². The van der Waals surface area contributed by atoms with Crippen LogP contribution in [0.15, 0.2) is 4.99 Å². The minimum absolute atomic E-state index is 0.506. The number of likely N-dealkylation sites (tertiary alicyclic amines) is 1. The van der Waals surface area contributed by atoms with Gasteiger partial charge in [0.25, 0.3) is 0 Å². The van der Waals surface area contributed by atoms with Crippen molar-refractivity contribution < 1.29 is 4.79 Å².